The van der Waals surface area contributed by atoms with E-state index < -0.39 is 56.3 Å². The molecule has 8 aromatic rings. The Hall–Kier alpha value is -3.60. The van der Waals surface area contributed by atoms with Crippen molar-refractivity contribution in [2.45, 2.75) is 19.4 Å². The van der Waals surface area contributed by atoms with Crippen molar-refractivity contribution in [1.82, 2.24) is 4.90 Å². The second-order valence-electron chi connectivity index (χ2n) is 17.3. The zero-order chi connectivity index (χ0) is 48.2. The number of hydrogen-bond donors (Lipinski definition) is 2. The first-order valence-electron chi connectivity index (χ1n) is 24.2. The van der Waals surface area contributed by atoms with Gasteiger partial charge in [-0.1, -0.05) is 258 Å². The van der Waals surface area contributed by atoms with Crippen LogP contribution in [0.15, 0.2) is 243 Å². The van der Waals surface area contributed by atoms with Crippen LogP contribution in [0.3, 0.4) is 0 Å². The Balaban J connectivity index is 1.23. The third kappa shape index (κ3) is 15.9. The van der Waals surface area contributed by atoms with E-state index in [-0.39, 0.29) is 6.04 Å². The minimum Gasteiger partial charge on any atom is -0.390 e. The van der Waals surface area contributed by atoms with Crippen LogP contribution in [0.2, 0.25) is 6.04 Å². The lowest BCUT2D eigenvalue weighted by molar-refractivity contribution is 0.153. The lowest BCUT2D eigenvalue weighted by atomic mass is 10.4. The average molecular weight is 1050 g/mol. The molecule has 0 saturated carbocycles. The molecule has 0 amide bonds. The Morgan fingerprint density at radius 1 is 0.357 bits per heavy atom. The van der Waals surface area contributed by atoms with Crippen molar-refractivity contribution in [3.8, 4) is 0 Å². The molecular formula is C59H65NO3P6Si. The highest BCUT2D eigenvalue weighted by atomic mass is 31.2. The van der Waals surface area contributed by atoms with Gasteiger partial charge in [0, 0.05) is 25.2 Å². The van der Waals surface area contributed by atoms with Gasteiger partial charge >= 0.3 is 8.80 Å². The molecule has 0 aliphatic carbocycles. The normalized spacial score (nSPS) is 12.0. The largest absolute Gasteiger partial charge is 0.495 e. The second kappa shape index (κ2) is 28.0. The molecule has 0 bridgehead atoms. The van der Waals surface area contributed by atoms with Crippen molar-refractivity contribution < 1.29 is 14.0 Å². The molecule has 0 fully saturated rings. The smallest absolute Gasteiger partial charge is 0.390 e. The van der Waals surface area contributed by atoms with Gasteiger partial charge < -0.3 is 14.0 Å². The van der Waals surface area contributed by atoms with Crippen LogP contribution in [-0.2, 0) is 4.43 Å². The predicted molar refractivity (Wildman–Crippen MR) is 317 cm³/mol. The van der Waals surface area contributed by atoms with Crippen LogP contribution in [0.25, 0.3) is 0 Å². The van der Waals surface area contributed by atoms with Gasteiger partial charge in [-0.2, -0.15) is 0 Å². The Bertz CT molecular complexity index is 2170. The maximum absolute atomic E-state index is 11.1. The van der Waals surface area contributed by atoms with E-state index in [1.807, 2.05) is 6.92 Å². The quantitative estimate of drug-likeness (QED) is 0.0419. The second-order valence-corrected chi connectivity index (χ2v) is 34.9. The Kier molecular flexibility index (Phi) is 21.1. The van der Waals surface area contributed by atoms with Gasteiger partial charge in [-0.25, -0.2) is 0 Å². The molecule has 70 heavy (non-hydrogen) atoms. The highest BCUT2D eigenvalue weighted by Gasteiger charge is 2.33. The van der Waals surface area contributed by atoms with E-state index in [1.165, 1.54) is 42.4 Å². The topological polar surface area (TPSA) is 52.9 Å². The van der Waals surface area contributed by atoms with Gasteiger partial charge in [0.25, 0.3) is 0 Å². The summed E-state index contributed by atoms with van der Waals surface area (Å²) in [7, 11) is -7.69. The summed E-state index contributed by atoms with van der Waals surface area (Å²) in [5.74, 6) is 4.46. The fraction of sp³-hybridized carbons (Fsp3) is 0.186. The molecule has 0 saturated heterocycles. The van der Waals surface area contributed by atoms with Crippen molar-refractivity contribution in [3.05, 3.63) is 243 Å². The highest BCUT2D eigenvalue weighted by molar-refractivity contribution is 7.90. The molecule has 11 heteroatoms. The van der Waals surface area contributed by atoms with Crippen LogP contribution < -0.4 is 42.4 Å². The van der Waals surface area contributed by atoms with E-state index in [0.29, 0.717) is 13.0 Å². The Labute approximate surface area is 426 Å². The van der Waals surface area contributed by atoms with Crippen LogP contribution in [0.5, 0.6) is 0 Å². The maximum atomic E-state index is 11.1. The molecule has 0 radical (unpaired) electrons. The molecule has 0 heterocycles. The first kappa shape index (κ1) is 52.7. The molecular weight excluding hydrogens is 985 g/mol. The molecule has 0 spiro atoms. The molecule has 8 aromatic carbocycles. The summed E-state index contributed by atoms with van der Waals surface area (Å²) in [6, 6.07) is 90.5. The third-order valence-corrected chi connectivity index (χ3v) is 33.7. The molecule has 0 aromatic heterocycles. The van der Waals surface area contributed by atoms with Crippen LogP contribution in [0.4, 0.5) is 0 Å². The molecule has 358 valence electrons. The maximum Gasteiger partial charge on any atom is 0.495 e. The number of rotatable bonds is 26. The van der Waals surface area contributed by atoms with E-state index in [0.717, 1.165) is 42.7 Å². The van der Waals surface area contributed by atoms with E-state index in [9.17, 15) is 9.59 Å². The van der Waals surface area contributed by atoms with Crippen molar-refractivity contribution in [3.63, 3.8) is 0 Å². The lowest BCUT2D eigenvalue weighted by Crippen LogP contribution is -2.39. The van der Waals surface area contributed by atoms with Gasteiger partial charge in [-0.3, -0.25) is 4.90 Å². The predicted octanol–water partition coefficient (Wildman–Crippen LogP) is 11.9. The molecule has 0 unspecified atom stereocenters. The summed E-state index contributed by atoms with van der Waals surface area (Å²) < 4.78 is 5.63. The average Bonchev–Trinajstić information content (AvgIpc) is 3.41. The first-order chi connectivity index (χ1) is 34.4. The molecule has 2 N–H and O–H groups in total. The molecule has 0 aliphatic heterocycles. The van der Waals surface area contributed by atoms with E-state index in [2.05, 4.69) is 248 Å². The summed E-state index contributed by atoms with van der Waals surface area (Å²) in [4.78, 5) is 25.1. The van der Waals surface area contributed by atoms with Gasteiger partial charge in [0.2, 0.25) is 0 Å². The summed E-state index contributed by atoms with van der Waals surface area (Å²) in [6.45, 7) is 2.94. The fourth-order valence-electron chi connectivity index (χ4n) is 8.77. The van der Waals surface area contributed by atoms with Gasteiger partial charge in [0.1, 0.15) is 0 Å². The van der Waals surface area contributed by atoms with Crippen molar-refractivity contribution >= 4 is 98.8 Å². The van der Waals surface area contributed by atoms with Crippen LogP contribution in [0, 0.1) is 0 Å². The minimum absolute atomic E-state index is 0.288. The van der Waals surface area contributed by atoms with E-state index in [1.54, 1.807) is 0 Å². The molecule has 4 nitrogen and oxygen atoms in total. The Morgan fingerprint density at radius 3 is 0.771 bits per heavy atom. The summed E-state index contributed by atoms with van der Waals surface area (Å²) >= 11 is 0. The summed E-state index contributed by atoms with van der Waals surface area (Å²) in [5, 5.41) is 11.4. The van der Waals surface area contributed by atoms with Crippen LogP contribution in [0.1, 0.15) is 13.3 Å². The van der Waals surface area contributed by atoms with Crippen molar-refractivity contribution in [2.75, 3.05) is 49.3 Å². The molecule has 8 rings (SSSR count). The van der Waals surface area contributed by atoms with E-state index in [4.69, 9.17) is 4.43 Å². The van der Waals surface area contributed by atoms with Crippen molar-refractivity contribution in [2.24, 2.45) is 0 Å². The molecule has 0 aliphatic rings. The van der Waals surface area contributed by atoms with Gasteiger partial charge in [0.15, 0.2) is 0 Å². The van der Waals surface area contributed by atoms with Crippen LogP contribution in [-0.4, -0.2) is 72.6 Å². The number of nitrogens with zero attached hydrogens (tertiary/aromatic N) is 1. The summed E-state index contributed by atoms with van der Waals surface area (Å²) in [6.07, 6.45) is 2.63. The SMILES string of the molecule is CCO[Si](O)(O)CCCN(CP(CP(c1ccccc1)c1ccccc1)CP(c1ccccc1)c1ccccc1)CP(CP(c1ccccc1)c1ccccc1)CP(c1ccccc1)c1ccccc1. The van der Waals surface area contributed by atoms with Crippen LogP contribution >= 0.6 is 47.5 Å². The monoisotopic (exact) mass is 1050 g/mol. The molecule has 0 atom stereocenters. The standard InChI is InChI=1S/C59H65NO3P6Si/c1-2-63-70(61,62)45-27-44-60(46-64(48-66(52-28-11-3-12-29-52)53-30-13-4-14-31-53)49-67(54-32-15-5-16-33-54)55-34-17-6-18-35-55)47-65(50-68(56-36-19-7-20-37-56)57-38-21-8-22-39-57)51-69(58-40-23-9-24-41-58)59-42-25-10-26-43-59/h3-26,28-43,61-62H,2,27,44-51H2,1H3. The third-order valence-electron chi connectivity index (χ3n) is 12.1. The van der Waals surface area contributed by atoms with Gasteiger partial charge in [0.05, 0.1) is 0 Å². The summed E-state index contributed by atoms with van der Waals surface area (Å²) in [5.41, 5.74) is 0. The van der Waals surface area contributed by atoms with Crippen molar-refractivity contribution in [1.29, 1.82) is 0 Å². The number of hydrogen-bond acceptors (Lipinski definition) is 4. The van der Waals surface area contributed by atoms with E-state index >= 15 is 0 Å². The van der Waals surface area contributed by atoms with Gasteiger partial charge in [-0.15, -0.1) is 0 Å². The Morgan fingerprint density at radius 2 is 0.571 bits per heavy atom. The highest BCUT2D eigenvalue weighted by Crippen LogP contribution is 2.60. The number of benzene rings is 8. The lowest BCUT2D eigenvalue weighted by Gasteiger charge is -2.37. The zero-order valence-electron chi connectivity index (χ0n) is 40.1. The first-order valence-corrected chi connectivity index (χ1v) is 36.1. The van der Waals surface area contributed by atoms with Gasteiger partial charge in [-0.05, 0) is 118 Å². The minimum atomic E-state index is -3.81. The fourth-order valence-corrected chi connectivity index (χ4v) is 32.6. The zero-order valence-corrected chi connectivity index (χ0v) is 46.5.